The third-order valence-corrected chi connectivity index (χ3v) is 2.64. The fourth-order valence-electron chi connectivity index (χ4n) is 1.73. The molecule has 2 atom stereocenters. The highest BCUT2D eigenvalue weighted by molar-refractivity contribution is 5.81. The molecule has 0 saturated heterocycles. The van der Waals surface area contributed by atoms with E-state index < -0.39 is 6.04 Å². The van der Waals surface area contributed by atoms with E-state index in [0.29, 0.717) is 12.3 Å². The van der Waals surface area contributed by atoms with Crippen molar-refractivity contribution in [2.24, 2.45) is 11.7 Å². The first-order valence-corrected chi connectivity index (χ1v) is 6.09. The van der Waals surface area contributed by atoms with Gasteiger partial charge in [0.05, 0.1) is 12.1 Å². The Kier molecular flexibility index (Phi) is 5.15. The maximum atomic E-state index is 11.9. The van der Waals surface area contributed by atoms with Gasteiger partial charge in [0.15, 0.2) is 0 Å². The van der Waals surface area contributed by atoms with Crippen LogP contribution in [0.5, 0.6) is 0 Å². The molecule has 0 aliphatic heterocycles. The number of nitrogens with zero attached hydrogens (tertiary/aromatic N) is 1. The monoisotopic (exact) mass is 238 g/mol. The zero-order valence-electron chi connectivity index (χ0n) is 10.7. The Hall–Kier alpha value is -1.36. The molecule has 4 N–H and O–H groups in total. The number of hydrogen-bond donors (Lipinski definition) is 3. The Morgan fingerprint density at radius 1 is 1.59 bits per heavy atom. The summed E-state index contributed by atoms with van der Waals surface area (Å²) in [4.78, 5) is 19.0. The minimum atomic E-state index is -0.445. The number of nitrogens with one attached hydrogen (secondary N) is 2. The minimum Gasteiger partial charge on any atom is -0.347 e. The zero-order valence-corrected chi connectivity index (χ0v) is 10.7. The number of carbonyl (C=O) groups is 1. The Morgan fingerprint density at radius 2 is 2.29 bits per heavy atom. The summed E-state index contributed by atoms with van der Waals surface area (Å²) in [6, 6.07) is -0.533. The lowest BCUT2D eigenvalue weighted by Gasteiger charge is -2.19. The van der Waals surface area contributed by atoms with Crippen molar-refractivity contribution in [3.63, 3.8) is 0 Å². The maximum absolute atomic E-state index is 11.9. The number of nitrogens with two attached hydrogens (primary N) is 1. The van der Waals surface area contributed by atoms with Crippen LogP contribution in [0.2, 0.25) is 0 Å². The molecule has 1 rings (SSSR count). The highest BCUT2D eigenvalue weighted by Gasteiger charge is 2.20. The molecule has 1 aromatic heterocycles. The van der Waals surface area contributed by atoms with Gasteiger partial charge in [0.2, 0.25) is 5.91 Å². The standard InChI is InChI=1S/C12H22N4O/c1-4-10(11-14-5-6-15-11)16-12(17)9(13)7-8(2)3/h5-6,8-10H,4,7,13H2,1-3H3,(H,14,15)(H,16,17). The number of rotatable bonds is 6. The van der Waals surface area contributed by atoms with Gasteiger partial charge in [0.25, 0.3) is 0 Å². The van der Waals surface area contributed by atoms with Crippen LogP contribution in [0.25, 0.3) is 0 Å². The molecule has 17 heavy (non-hydrogen) atoms. The van der Waals surface area contributed by atoms with Gasteiger partial charge >= 0.3 is 0 Å². The predicted molar refractivity (Wildman–Crippen MR) is 67.2 cm³/mol. The van der Waals surface area contributed by atoms with Crippen LogP contribution in [-0.2, 0) is 4.79 Å². The number of aromatic amines is 1. The smallest absolute Gasteiger partial charge is 0.237 e. The van der Waals surface area contributed by atoms with Gasteiger partial charge in [0, 0.05) is 12.4 Å². The van der Waals surface area contributed by atoms with Crippen molar-refractivity contribution < 1.29 is 4.79 Å². The topological polar surface area (TPSA) is 83.8 Å². The quantitative estimate of drug-likeness (QED) is 0.699. The molecule has 0 aromatic carbocycles. The number of carbonyl (C=O) groups excluding carboxylic acids is 1. The lowest BCUT2D eigenvalue weighted by molar-refractivity contribution is -0.123. The average Bonchev–Trinajstić information content (AvgIpc) is 2.77. The normalized spacial score (nSPS) is 14.6. The van der Waals surface area contributed by atoms with E-state index in [-0.39, 0.29) is 11.9 Å². The molecule has 0 bridgehead atoms. The molecule has 0 aliphatic rings. The zero-order chi connectivity index (χ0) is 12.8. The Labute approximate surface area is 102 Å². The molecule has 0 spiro atoms. The third-order valence-electron chi connectivity index (χ3n) is 2.64. The van der Waals surface area contributed by atoms with Crippen LogP contribution in [0.3, 0.4) is 0 Å². The van der Waals surface area contributed by atoms with Crippen molar-refractivity contribution in [3.8, 4) is 0 Å². The first-order valence-electron chi connectivity index (χ1n) is 6.09. The number of imidazole rings is 1. The van der Waals surface area contributed by atoms with Crippen LogP contribution < -0.4 is 11.1 Å². The van der Waals surface area contributed by atoms with Crippen molar-refractivity contribution in [3.05, 3.63) is 18.2 Å². The summed E-state index contributed by atoms with van der Waals surface area (Å²) in [6.45, 7) is 6.11. The Balaban J connectivity index is 2.54. The molecule has 5 heteroatoms. The van der Waals surface area contributed by atoms with E-state index in [4.69, 9.17) is 5.73 Å². The van der Waals surface area contributed by atoms with Crippen LogP contribution in [0, 0.1) is 5.92 Å². The van der Waals surface area contributed by atoms with Crippen molar-refractivity contribution in [1.82, 2.24) is 15.3 Å². The minimum absolute atomic E-state index is 0.0873. The van der Waals surface area contributed by atoms with E-state index in [1.807, 2.05) is 6.92 Å². The van der Waals surface area contributed by atoms with E-state index in [2.05, 4.69) is 29.1 Å². The summed E-state index contributed by atoms with van der Waals surface area (Å²) >= 11 is 0. The van der Waals surface area contributed by atoms with Gasteiger partial charge in [-0.05, 0) is 18.8 Å². The highest BCUT2D eigenvalue weighted by atomic mass is 16.2. The molecule has 1 aromatic rings. The summed E-state index contributed by atoms with van der Waals surface area (Å²) in [5.41, 5.74) is 5.83. The fraction of sp³-hybridized carbons (Fsp3) is 0.667. The number of hydrogen-bond acceptors (Lipinski definition) is 3. The van der Waals surface area contributed by atoms with Gasteiger partial charge in [-0.15, -0.1) is 0 Å². The van der Waals surface area contributed by atoms with Gasteiger partial charge in [-0.2, -0.15) is 0 Å². The van der Waals surface area contributed by atoms with Crippen molar-refractivity contribution >= 4 is 5.91 Å². The molecule has 0 aliphatic carbocycles. The molecule has 0 fully saturated rings. The van der Waals surface area contributed by atoms with Crippen molar-refractivity contribution in [2.45, 2.75) is 45.7 Å². The van der Waals surface area contributed by atoms with E-state index in [1.165, 1.54) is 0 Å². The first-order chi connectivity index (χ1) is 8.04. The summed E-state index contributed by atoms with van der Waals surface area (Å²) in [6.07, 6.45) is 4.91. The number of amides is 1. The van der Waals surface area contributed by atoms with Crippen LogP contribution in [0.4, 0.5) is 0 Å². The molecule has 1 heterocycles. The molecular formula is C12H22N4O. The number of H-pyrrole nitrogens is 1. The fourth-order valence-corrected chi connectivity index (χ4v) is 1.73. The van der Waals surface area contributed by atoms with Gasteiger partial charge in [0.1, 0.15) is 5.82 Å². The van der Waals surface area contributed by atoms with Crippen LogP contribution in [0.15, 0.2) is 12.4 Å². The molecule has 0 radical (unpaired) electrons. The highest BCUT2D eigenvalue weighted by Crippen LogP contribution is 2.12. The van der Waals surface area contributed by atoms with Gasteiger partial charge in [-0.1, -0.05) is 20.8 Å². The largest absolute Gasteiger partial charge is 0.347 e. The molecule has 5 nitrogen and oxygen atoms in total. The lowest BCUT2D eigenvalue weighted by atomic mass is 10.0. The third kappa shape index (κ3) is 4.19. The Bertz CT molecular complexity index is 334. The van der Waals surface area contributed by atoms with Crippen LogP contribution >= 0.6 is 0 Å². The summed E-state index contributed by atoms with van der Waals surface area (Å²) in [5, 5.41) is 2.92. The average molecular weight is 238 g/mol. The molecule has 1 amide bonds. The molecular weight excluding hydrogens is 216 g/mol. The van der Waals surface area contributed by atoms with Gasteiger partial charge in [-0.25, -0.2) is 4.98 Å². The summed E-state index contributed by atoms with van der Waals surface area (Å²) in [7, 11) is 0. The molecule has 2 unspecified atom stereocenters. The second kappa shape index (κ2) is 6.39. The van der Waals surface area contributed by atoms with Crippen LogP contribution in [0.1, 0.15) is 45.5 Å². The maximum Gasteiger partial charge on any atom is 0.237 e. The van der Waals surface area contributed by atoms with Gasteiger partial charge in [-0.3, -0.25) is 4.79 Å². The van der Waals surface area contributed by atoms with E-state index in [1.54, 1.807) is 12.4 Å². The SMILES string of the molecule is CCC(NC(=O)C(N)CC(C)C)c1ncc[nH]1. The summed E-state index contributed by atoms with van der Waals surface area (Å²) in [5.74, 6) is 1.08. The first kappa shape index (κ1) is 13.7. The van der Waals surface area contributed by atoms with Crippen molar-refractivity contribution in [1.29, 1.82) is 0 Å². The van der Waals surface area contributed by atoms with E-state index in [0.717, 1.165) is 12.2 Å². The van der Waals surface area contributed by atoms with Crippen LogP contribution in [-0.4, -0.2) is 21.9 Å². The summed E-state index contributed by atoms with van der Waals surface area (Å²) < 4.78 is 0. The second-order valence-electron chi connectivity index (χ2n) is 4.68. The number of aromatic nitrogens is 2. The Morgan fingerprint density at radius 3 is 2.76 bits per heavy atom. The van der Waals surface area contributed by atoms with E-state index >= 15 is 0 Å². The van der Waals surface area contributed by atoms with Crippen molar-refractivity contribution in [2.75, 3.05) is 0 Å². The molecule has 96 valence electrons. The van der Waals surface area contributed by atoms with E-state index in [9.17, 15) is 4.79 Å². The molecule has 0 saturated carbocycles. The second-order valence-corrected chi connectivity index (χ2v) is 4.68. The lowest BCUT2D eigenvalue weighted by Crippen LogP contribution is -2.43. The van der Waals surface area contributed by atoms with Gasteiger partial charge < -0.3 is 16.0 Å². The predicted octanol–water partition coefficient (Wildman–Crippen LogP) is 1.35.